The quantitative estimate of drug-likeness (QED) is 0.137. The van der Waals surface area contributed by atoms with Crippen molar-refractivity contribution in [3.63, 3.8) is 0 Å². The van der Waals surface area contributed by atoms with Crippen LogP contribution >= 0.6 is 0 Å². The molecule has 0 saturated heterocycles. The van der Waals surface area contributed by atoms with Crippen molar-refractivity contribution in [3.05, 3.63) is 89.3 Å². The van der Waals surface area contributed by atoms with E-state index in [1.54, 1.807) is 0 Å². The molecule has 2 N–H and O–H groups in total. The number of tetrazole rings is 1. The van der Waals surface area contributed by atoms with Crippen LogP contribution < -0.4 is 34.7 Å². The van der Waals surface area contributed by atoms with E-state index in [9.17, 15) is 28.9 Å². The number of carboxylic acid groups (broad SMARTS) is 1. The summed E-state index contributed by atoms with van der Waals surface area (Å²) in [5.41, 5.74) is 1.92. The van der Waals surface area contributed by atoms with Crippen molar-refractivity contribution in [2.75, 3.05) is 20.3 Å². The van der Waals surface area contributed by atoms with Crippen molar-refractivity contribution in [1.82, 2.24) is 20.2 Å². The smallest absolute Gasteiger partial charge is 0.550 e. The number of aromatic nitrogens is 4. The number of halogens is 2. The van der Waals surface area contributed by atoms with Crippen LogP contribution in [0.5, 0.6) is 0 Å². The number of carboxylic acids is 1. The van der Waals surface area contributed by atoms with Gasteiger partial charge in [0.15, 0.2) is 5.82 Å². The van der Waals surface area contributed by atoms with E-state index < -0.39 is 36.2 Å². The molecule has 10 nitrogen and oxygen atoms in total. The molecule has 39 heavy (non-hydrogen) atoms. The summed E-state index contributed by atoms with van der Waals surface area (Å²) in [6.07, 6.45) is -0.655. The average Bonchev–Trinajstić information content (AvgIpc) is 3.33. The van der Waals surface area contributed by atoms with Gasteiger partial charge in [-0.05, 0) is 51.4 Å². The summed E-state index contributed by atoms with van der Waals surface area (Å²) in [6.45, 7) is 0.565. The van der Waals surface area contributed by atoms with Crippen LogP contribution in [0.25, 0.3) is 11.1 Å². The molecule has 0 fully saturated rings. The fourth-order valence-corrected chi connectivity index (χ4v) is 3.60. The Morgan fingerprint density at radius 3 is 2.18 bits per heavy atom. The fourth-order valence-electron chi connectivity index (χ4n) is 3.60. The van der Waals surface area contributed by atoms with E-state index in [4.69, 9.17) is 9.47 Å². The molecule has 0 aliphatic rings. The number of aliphatic carboxylic acids is 1. The van der Waals surface area contributed by atoms with Crippen LogP contribution in [0.2, 0.25) is 0 Å². The number of methoxy groups -OCH3 is 1. The molecule has 2 atom stereocenters. The number of ether oxygens (including phenoxy) is 2. The van der Waals surface area contributed by atoms with Crippen molar-refractivity contribution in [1.29, 1.82) is 0 Å². The van der Waals surface area contributed by atoms with Gasteiger partial charge in [-0.2, -0.15) is 4.68 Å². The maximum Gasteiger partial charge on any atom is 1.00 e. The van der Waals surface area contributed by atoms with Crippen LogP contribution in [-0.2, 0) is 21.0 Å². The number of rotatable bonds is 14. The first-order chi connectivity index (χ1) is 18.3. The van der Waals surface area contributed by atoms with Gasteiger partial charge in [-0.15, -0.1) is 5.10 Å². The number of carbonyl (C=O) groups is 1. The summed E-state index contributed by atoms with van der Waals surface area (Å²) in [7, 11) is 1.53. The summed E-state index contributed by atoms with van der Waals surface area (Å²) in [5.74, 6) is -2.15. The third-order valence-electron chi connectivity index (χ3n) is 5.35. The topological polar surface area (TPSA) is 143 Å². The van der Waals surface area contributed by atoms with E-state index in [2.05, 4.69) is 15.5 Å². The van der Waals surface area contributed by atoms with Crippen molar-refractivity contribution < 1.29 is 67.9 Å². The van der Waals surface area contributed by atoms with Gasteiger partial charge in [0, 0.05) is 31.5 Å². The molecule has 202 valence electrons. The molecule has 3 aromatic rings. The number of hydrogen-bond acceptors (Lipinski definition) is 9. The monoisotopic (exact) mass is 552 g/mol. The second-order valence-electron chi connectivity index (χ2n) is 8.23. The minimum absolute atomic E-state index is 0. The fraction of sp³-hybridized carbons (Fsp3) is 0.308. The Bertz CT molecular complexity index is 1200. The van der Waals surface area contributed by atoms with E-state index in [1.165, 1.54) is 72.5 Å². The molecule has 0 amide bonds. The van der Waals surface area contributed by atoms with Crippen LogP contribution in [0.1, 0.15) is 29.8 Å². The van der Waals surface area contributed by atoms with Crippen molar-refractivity contribution in [3.8, 4) is 0 Å². The molecule has 1 aromatic heterocycles. The summed E-state index contributed by atoms with van der Waals surface area (Å²) in [5, 5.41) is 42.9. The van der Waals surface area contributed by atoms with Gasteiger partial charge in [-0.25, -0.2) is 8.78 Å². The van der Waals surface area contributed by atoms with Crippen molar-refractivity contribution in [2.24, 2.45) is 0 Å². The first kappa shape index (κ1) is 32.4. The van der Waals surface area contributed by atoms with Gasteiger partial charge in [0.1, 0.15) is 18.4 Å². The normalized spacial score (nSPS) is 12.6. The maximum absolute atomic E-state index is 13.8. The van der Waals surface area contributed by atoms with Gasteiger partial charge in [-0.1, -0.05) is 36.4 Å². The predicted molar refractivity (Wildman–Crippen MR) is 130 cm³/mol. The number of hydrogen-bond donors (Lipinski definition) is 2. The van der Waals surface area contributed by atoms with Crippen LogP contribution in [0, 0.1) is 11.6 Å². The standard InChI is InChI=1S/C26H28F2N4O6.Na/c1-37-12-13-38-16-32-26(29-30-31-32)23(11-10-21(33)14-22(34)15-24(35)36)25(17-2-6-19(27)7-3-17)18-4-8-20(28)9-5-18;/h2-11,21-22,33-34H,12-16H2,1H3,(H,35,36);/q;+1/p-1. The van der Waals surface area contributed by atoms with E-state index in [1.807, 2.05) is 0 Å². The number of carbonyl (C=O) groups excluding carboxylic acids is 1. The Hall–Kier alpha value is -2.84. The van der Waals surface area contributed by atoms with E-state index in [-0.39, 0.29) is 55.1 Å². The second kappa shape index (κ2) is 16.3. The number of nitrogens with zero attached hydrogens (tertiary/aromatic N) is 4. The largest absolute Gasteiger partial charge is 1.00 e. The van der Waals surface area contributed by atoms with Crippen LogP contribution in [0.4, 0.5) is 8.78 Å². The van der Waals surface area contributed by atoms with Gasteiger partial charge < -0.3 is 29.6 Å². The van der Waals surface area contributed by atoms with Gasteiger partial charge in [-0.3, -0.25) is 0 Å². The zero-order valence-electron chi connectivity index (χ0n) is 21.5. The minimum atomic E-state index is -1.45. The summed E-state index contributed by atoms with van der Waals surface area (Å²) in [6, 6.07) is 11.2. The van der Waals surface area contributed by atoms with Crippen LogP contribution in [0.3, 0.4) is 0 Å². The molecule has 2 aromatic carbocycles. The summed E-state index contributed by atoms with van der Waals surface area (Å²) >= 11 is 0. The van der Waals surface area contributed by atoms with E-state index in [0.29, 0.717) is 28.9 Å². The molecule has 3 rings (SSSR count). The van der Waals surface area contributed by atoms with Gasteiger partial charge >= 0.3 is 29.6 Å². The predicted octanol–water partition coefficient (Wildman–Crippen LogP) is -1.66. The van der Waals surface area contributed by atoms with Crippen molar-refractivity contribution in [2.45, 2.75) is 31.8 Å². The zero-order chi connectivity index (χ0) is 27.5. The molecular weight excluding hydrogens is 525 g/mol. The second-order valence-corrected chi connectivity index (χ2v) is 8.23. The SMILES string of the molecule is COCCOCn1nnnc1C(C=CC(O)CC(O)CC(=O)[O-])=C(c1ccc(F)cc1)c1ccc(F)cc1.[Na+]. The molecule has 0 saturated carbocycles. The summed E-state index contributed by atoms with van der Waals surface area (Å²) < 4.78 is 39.4. The van der Waals surface area contributed by atoms with E-state index >= 15 is 0 Å². The van der Waals surface area contributed by atoms with Crippen LogP contribution in [0.15, 0.2) is 60.7 Å². The average molecular weight is 553 g/mol. The molecule has 0 spiro atoms. The van der Waals surface area contributed by atoms with Gasteiger partial charge in [0.05, 0.1) is 25.4 Å². The number of benzene rings is 2. The van der Waals surface area contributed by atoms with Gasteiger partial charge in [0.2, 0.25) is 0 Å². The third kappa shape index (κ3) is 10.0. The Kier molecular flexibility index (Phi) is 13.5. The third-order valence-corrected chi connectivity index (χ3v) is 5.35. The molecule has 0 aliphatic heterocycles. The molecule has 2 unspecified atom stereocenters. The zero-order valence-corrected chi connectivity index (χ0v) is 23.5. The minimum Gasteiger partial charge on any atom is -0.550 e. The summed E-state index contributed by atoms with van der Waals surface area (Å²) in [4.78, 5) is 10.8. The first-order valence-electron chi connectivity index (χ1n) is 11.6. The molecule has 1 heterocycles. The van der Waals surface area contributed by atoms with E-state index in [0.717, 1.165) is 0 Å². The Morgan fingerprint density at radius 2 is 1.64 bits per heavy atom. The maximum atomic E-state index is 13.8. The Balaban J connectivity index is 0.00000533. The van der Waals surface area contributed by atoms with Gasteiger partial charge in [0.25, 0.3) is 0 Å². The molecule has 0 bridgehead atoms. The van der Waals surface area contributed by atoms with Crippen LogP contribution in [-0.4, -0.2) is 68.9 Å². The molecule has 0 radical (unpaired) electrons. The number of allylic oxidation sites excluding steroid dienone is 2. The number of aliphatic hydroxyl groups is 2. The Morgan fingerprint density at radius 1 is 1.05 bits per heavy atom. The molecular formula is C26H27F2N4NaO6. The Labute approximate surface area is 245 Å². The molecule has 0 aliphatic carbocycles. The van der Waals surface area contributed by atoms with Crippen molar-refractivity contribution >= 4 is 17.1 Å². The first-order valence-corrected chi connectivity index (χ1v) is 11.6. The molecule has 13 heteroatoms. The number of aliphatic hydroxyl groups excluding tert-OH is 2.